The molecule has 0 bridgehead atoms. The van der Waals surface area contributed by atoms with Crippen LogP contribution < -0.4 is 5.56 Å². The van der Waals surface area contributed by atoms with E-state index in [4.69, 9.17) is 4.74 Å². The molecule has 0 aliphatic heterocycles. The van der Waals surface area contributed by atoms with Crippen molar-refractivity contribution in [3.8, 4) is 5.69 Å². The van der Waals surface area contributed by atoms with Crippen LogP contribution in [0, 0.1) is 15.9 Å². The van der Waals surface area contributed by atoms with Crippen LogP contribution in [0.1, 0.15) is 18.2 Å². The van der Waals surface area contributed by atoms with Gasteiger partial charge in [-0.3, -0.25) is 29.8 Å². The average Bonchev–Trinajstić information content (AvgIpc) is 3.05. The number of hydrogen-bond acceptors (Lipinski definition) is 6. The topological polar surface area (TPSA) is 120 Å². The van der Waals surface area contributed by atoms with Crippen molar-refractivity contribution in [1.29, 1.82) is 0 Å². The van der Waals surface area contributed by atoms with Gasteiger partial charge in [0.05, 0.1) is 46.8 Å². The Labute approximate surface area is 169 Å². The molecule has 0 spiro atoms. The molecule has 0 aliphatic carbocycles. The van der Waals surface area contributed by atoms with Gasteiger partial charge in [-0.15, -0.1) is 0 Å². The third-order valence-electron chi connectivity index (χ3n) is 4.32. The maximum absolute atomic E-state index is 13.1. The predicted molar refractivity (Wildman–Crippen MR) is 107 cm³/mol. The normalized spacial score (nSPS) is 11.4. The summed E-state index contributed by atoms with van der Waals surface area (Å²) in [5.74, 6) is -0.983. The minimum Gasteiger partial charge on any atom is -0.469 e. The number of carbonyl (C=O) groups excluding carboxylic acids is 1. The number of hydrogen-bond donors (Lipinski definition) is 1. The molecule has 10 heteroatoms. The van der Waals surface area contributed by atoms with Gasteiger partial charge in [0.15, 0.2) is 0 Å². The first-order chi connectivity index (χ1) is 14.3. The Kier molecular flexibility index (Phi) is 5.86. The molecule has 0 fully saturated rings. The van der Waals surface area contributed by atoms with E-state index in [0.29, 0.717) is 17.1 Å². The van der Waals surface area contributed by atoms with Crippen molar-refractivity contribution in [2.24, 2.45) is 4.99 Å². The van der Waals surface area contributed by atoms with E-state index < -0.39 is 22.3 Å². The molecular formula is C20H17FN4O5. The number of methoxy groups -OCH3 is 1. The fourth-order valence-electron chi connectivity index (χ4n) is 2.87. The number of nitro groups is 1. The number of esters is 1. The molecule has 2 aromatic carbocycles. The van der Waals surface area contributed by atoms with Gasteiger partial charge in [0.1, 0.15) is 5.82 Å². The van der Waals surface area contributed by atoms with Crippen LogP contribution >= 0.6 is 0 Å². The highest BCUT2D eigenvalue weighted by molar-refractivity contribution is 6.01. The van der Waals surface area contributed by atoms with E-state index in [0.717, 1.165) is 0 Å². The molecule has 0 aliphatic rings. The second kappa shape index (κ2) is 8.52. The van der Waals surface area contributed by atoms with E-state index in [-0.39, 0.29) is 23.4 Å². The van der Waals surface area contributed by atoms with Crippen molar-refractivity contribution < 1.29 is 18.8 Å². The van der Waals surface area contributed by atoms with Crippen LogP contribution in [0.2, 0.25) is 0 Å². The molecule has 3 rings (SSSR count). The van der Waals surface area contributed by atoms with Gasteiger partial charge in [-0.25, -0.2) is 9.07 Å². The number of nitrogens with one attached hydrogen (secondary N) is 1. The Bertz CT molecular complexity index is 1180. The van der Waals surface area contributed by atoms with Gasteiger partial charge in [0, 0.05) is 12.1 Å². The molecule has 1 aromatic heterocycles. The SMILES string of the molecule is COC(=O)Cc1[nH]n(-c2ccc([N+](=O)[O-])cc2)c(=O)c1C(C)=Nc1ccc(F)cc1. The summed E-state index contributed by atoms with van der Waals surface area (Å²) in [6, 6.07) is 10.8. The summed E-state index contributed by atoms with van der Waals surface area (Å²) in [5, 5.41) is 13.7. The Morgan fingerprint density at radius 1 is 1.20 bits per heavy atom. The molecule has 1 N–H and O–H groups in total. The van der Waals surface area contributed by atoms with Gasteiger partial charge in [-0.1, -0.05) is 0 Å². The summed E-state index contributed by atoms with van der Waals surface area (Å²) in [6.07, 6.45) is -0.211. The lowest BCUT2D eigenvalue weighted by Crippen LogP contribution is -2.20. The van der Waals surface area contributed by atoms with E-state index in [9.17, 15) is 24.1 Å². The van der Waals surface area contributed by atoms with Gasteiger partial charge in [-0.05, 0) is 43.3 Å². The average molecular weight is 412 g/mol. The zero-order valence-electron chi connectivity index (χ0n) is 16.1. The molecule has 1 heterocycles. The Hall–Kier alpha value is -4.08. The minimum absolute atomic E-state index is 0.123. The monoisotopic (exact) mass is 412 g/mol. The lowest BCUT2D eigenvalue weighted by atomic mass is 10.1. The highest BCUT2D eigenvalue weighted by Gasteiger charge is 2.21. The quantitative estimate of drug-likeness (QED) is 0.289. The van der Waals surface area contributed by atoms with Crippen molar-refractivity contribution in [3.05, 3.63) is 86.1 Å². The number of aromatic amines is 1. The second-order valence-corrected chi connectivity index (χ2v) is 6.31. The number of halogens is 1. The summed E-state index contributed by atoms with van der Waals surface area (Å²) in [6.45, 7) is 1.59. The molecule has 0 atom stereocenters. The van der Waals surface area contributed by atoms with E-state index >= 15 is 0 Å². The summed E-state index contributed by atoms with van der Waals surface area (Å²) in [4.78, 5) is 39.5. The third-order valence-corrected chi connectivity index (χ3v) is 4.32. The molecule has 3 aromatic rings. The highest BCUT2D eigenvalue weighted by Crippen LogP contribution is 2.18. The largest absolute Gasteiger partial charge is 0.469 e. The van der Waals surface area contributed by atoms with Crippen LogP contribution in [0.4, 0.5) is 15.8 Å². The zero-order valence-corrected chi connectivity index (χ0v) is 16.1. The van der Waals surface area contributed by atoms with E-state index in [1.54, 1.807) is 6.92 Å². The van der Waals surface area contributed by atoms with Gasteiger partial charge in [0.2, 0.25) is 0 Å². The van der Waals surface area contributed by atoms with Crippen molar-refractivity contribution in [3.63, 3.8) is 0 Å². The summed E-state index contributed by atoms with van der Waals surface area (Å²) in [5.41, 5.74) is 0.894. The standard InChI is InChI=1S/C20H17FN4O5/c1-12(22-14-5-3-13(21)4-6-14)19-17(11-18(26)30-2)23-24(20(19)27)15-7-9-16(10-8-15)25(28)29/h3-10,23H,11H2,1-2H3. The molecule has 0 saturated carbocycles. The number of nitrogens with zero attached hydrogens (tertiary/aromatic N) is 3. The first-order valence-corrected chi connectivity index (χ1v) is 8.77. The van der Waals surface area contributed by atoms with Crippen LogP contribution in [0.5, 0.6) is 0 Å². The number of benzene rings is 2. The molecular weight excluding hydrogens is 395 g/mol. The maximum Gasteiger partial charge on any atom is 0.311 e. The fraction of sp³-hybridized carbons (Fsp3) is 0.150. The van der Waals surface area contributed by atoms with Crippen molar-refractivity contribution >= 4 is 23.1 Å². The molecule has 30 heavy (non-hydrogen) atoms. The number of nitro benzene ring substituents is 1. The van der Waals surface area contributed by atoms with Gasteiger partial charge >= 0.3 is 5.97 Å². The minimum atomic E-state index is -0.567. The Morgan fingerprint density at radius 2 is 1.83 bits per heavy atom. The number of aliphatic imine (C=N–C) groups is 1. The fourth-order valence-corrected chi connectivity index (χ4v) is 2.87. The third kappa shape index (κ3) is 4.32. The molecule has 9 nitrogen and oxygen atoms in total. The number of ether oxygens (including phenoxy) is 1. The summed E-state index contributed by atoms with van der Waals surface area (Å²) < 4.78 is 19.0. The molecule has 0 unspecified atom stereocenters. The maximum atomic E-state index is 13.1. The Balaban J connectivity index is 2.10. The number of rotatable bonds is 6. The second-order valence-electron chi connectivity index (χ2n) is 6.31. The number of non-ortho nitro benzene ring substituents is 1. The van der Waals surface area contributed by atoms with Gasteiger partial charge in [-0.2, -0.15) is 0 Å². The smallest absolute Gasteiger partial charge is 0.311 e. The molecule has 0 radical (unpaired) electrons. The molecule has 154 valence electrons. The van der Waals surface area contributed by atoms with E-state index in [1.807, 2.05) is 0 Å². The molecule has 0 amide bonds. The lowest BCUT2D eigenvalue weighted by Gasteiger charge is -2.02. The van der Waals surface area contributed by atoms with Crippen LogP contribution in [-0.2, 0) is 16.0 Å². The number of H-pyrrole nitrogens is 1. The van der Waals surface area contributed by atoms with Crippen molar-refractivity contribution in [1.82, 2.24) is 9.78 Å². The summed E-state index contributed by atoms with van der Waals surface area (Å²) in [7, 11) is 1.23. The summed E-state index contributed by atoms with van der Waals surface area (Å²) >= 11 is 0. The van der Waals surface area contributed by atoms with Crippen LogP contribution in [0.25, 0.3) is 5.69 Å². The number of aromatic nitrogens is 2. The van der Waals surface area contributed by atoms with E-state index in [2.05, 4.69) is 10.1 Å². The lowest BCUT2D eigenvalue weighted by molar-refractivity contribution is -0.384. The van der Waals surface area contributed by atoms with Crippen LogP contribution in [0.3, 0.4) is 0 Å². The van der Waals surface area contributed by atoms with Crippen LogP contribution in [0.15, 0.2) is 58.3 Å². The highest BCUT2D eigenvalue weighted by atomic mass is 19.1. The Morgan fingerprint density at radius 3 is 2.40 bits per heavy atom. The van der Waals surface area contributed by atoms with Crippen molar-refractivity contribution in [2.75, 3.05) is 7.11 Å². The van der Waals surface area contributed by atoms with Gasteiger partial charge in [0.25, 0.3) is 11.2 Å². The van der Waals surface area contributed by atoms with Gasteiger partial charge < -0.3 is 4.74 Å². The van der Waals surface area contributed by atoms with E-state index in [1.165, 1.54) is 60.3 Å². The first kappa shape index (κ1) is 20.6. The van der Waals surface area contributed by atoms with Crippen LogP contribution in [-0.4, -0.2) is 33.5 Å². The zero-order chi connectivity index (χ0) is 21.8. The van der Waals surface area contributed by atoms with Crippen molar-refractivity contribution in [2.45, 2.75) is 13.3 Å². The predicted octanol–water partition coefficient (Wildman–Crippen LogP) is 3.07. The number of carbonyl (C=O) groups is 1. The molecule has 0 saturated heterocycles. The first-order valence-electron chi connectivity index (χ1n) is 8.77.